The monoisotopic (exact) mass is 599 g/mol. The Morgan fingerprint density at radius 3 is 2.68 bits per heavy atom. The Morgan fingerprint density at radius 2 is 1.93 bits per heavy atom. The van der Waals surface area contributed by atoms with Crippen LogP contribution in [0.25, 0.3) is 22.3 Å². The minimum atomic E-state index is -1.36. The number of amides is 3. The number of rotatable bonds is 5. The molecule has 230 valence electrons. The van der Waals surface area contributed by atoms with E-state index < -0.39 is 29.6 Å². The van der Waals surface area contributed by atoms with Gasteiger partial charge in [-0.05, 0) is 44.2 Å². The number of urea groups is 1. The molecule has 1 saturated carbocycles. The Balaban J connectivity index is 1.34. The van der Waals surface area contributed by atoms with Crippen molar-refractivity contribution in [2.24, 2.45) is 5.92 Å². The van der Waals surface area contributed by atoms with E-state index in [0.717, 1.165) is 30.4 Å². The molecule has 44 heavy (non-hydrogen) atoms. The molecule has 0 radical (unpaired) electrons. The van der Waals surface area contributed by atoms with Crippen LogP contribution in [-0.2, 0) is 9.59 Å². The first-order chi connectivity index (χ1) is 21.2. The number of carbonyl (C=O) groups excluding carboxylic acids is 2. The van der Waals surface area contributed by atoms with Crippen LogP contribution in [0.3, 0.4) is 0 Å². The number of carboxylic acid groups (broad SMARTS) is 1. The second-order valence-electron chi connectivity index (χ2n) is 11.9. The highest BCUT2D eigenvalue weighted by Crippen LogP contribution is 2.45. The number of allylic oxidation sites excluding steroid dienone is 1. The van der Waals surface area contributed by atoms with Crippen molar-refractivity contribution in [2.45, 2.75) is 56.7 Å². The number of aliphatic carboxylic acids is 1. The number of benzene rings is 2. The quantitative estimate of drug-likeness (QED) is 0.417. The summed E-state index contributed by atoms with van der Waals surface area (Å²) in [4.78, 5) is 52.4. The third-order valence-corrected chi connectivity index (χ3v) is 8.85. The predicted molar refractivity (Wildman–Crippen MR) is 163 cm³/mol. The maximum Gasteiger partial charge on any atom is 0.330 e. The highest BCUT2D eigenvalue weighted by atomic mass is 16.5. The molecule has 6 rings (SSSR count). The van der Waals surface area contributed by atoms with Crippen LogP contribution in [0, 0.1) is 12.8 Å². The van der Waals surface area contributed by atoms with E-state index >= 15 is 0 Å². The van der Waals surface area contributed by atoms with Gasteiger partial charge in [-0.3, -0.25) is 4.79 Å². The molecule has 3 aromatic rings. The van der Waals surface area contributed by atoms with Gasteiger partial charge in [0.25, 0.3) is 0 Å². The molecule has 3 heterocycles. The van der Waals surface area contributed by atoms with Crippen LogP contribution in [0.1, 0.15) is 37.7 Å². The summed E-state index contributed by atoms with van der Waals surface area (Å²) in [7, 11) is 3.33. The number of carboxylic acids is 1. The van der Waals surface area contributed by atoms with Gasteiger partial charge in [-0.1, -0.05) is 42.5 Å². The van der Waals surface area contributed by atoms with Gasteiger partial charge in [0.1, 0.15) is 23.4 Å². The molecule has 11 heteroatoms. The molecule has 2 aliphatic heterocycles. The van der Waals surface area contributed by atoms with E-state index in [1.165, 1.54) is 4.90 Å². The molecule has 1 aliphatic carbocycles. The minimum Gasteiger partial charge on any atom is -0.496 e. The van der Waals surface area contributed by atoms with E-state index in [4.69, 9.17) is 19.4 Å². The van der Waals surface area contributed by atoms with E-state index in [1.54, 1.807) is 19.1 Å². The molecule has 0 spiro atoms. The summed E-state index contributed by atoms with van der Waals surface area (Å²) in [5.74, 6) is -0.349. The van der Waals surface area contributed by atoms with Gasteiger partial charge in [-0.2, -0.15) is 4.98 Å². The number of aryl methyl sites for hydroxylation is 1. The Kier molecular flexibility index (Phi) is 7.87. The van der Waals surface area contributed by atoms with Crippen LogP contribution in [0.5, 0.6) is 11.6 Å². The van der Waals surface area contributed by atoms with Crippen molar-refractivity contribution >= 4 is 28.8 Å². The molecule has 4 atom stereocenters. The third kappa shape index (κ3) is 5.54. The Bertz CT molecular complexity index is 1630. The van der Waals surface area contributed by atoms with E-state index in [2.05, 4.69) is 5.32 Å². The van der Waals surface area contributed by atoms with Crippen LogP contribution in [0.4, 0.5) is 4.79 Å². The Labute approximate surface area is 255 Å². The number of fused-ring (bicyclic) bond motifs is 3. The summed E-state index contributed by atoms with van der Waals surface area (Å²) in [5.41, 5.74) is 0.969. The second-order valence-corrected chi connectivity index (χ2v) is 11.9. The number of ether oxygens (including phenoxy) is 2. The van der Waals surface area contributed by atoms with Gasteiger partial charge in [0, 0.05) is 37.6 Å². The fourth-order valence-corrected chi connectivity index (χ4v) is 6.22. The molecule has 2 aromatic carbocycles. The second kappa shape index (κ2) is 11.8. The molecule has 1 saturated heterocycles. The van der Waals surface area contributed by atoms with Crippen LogP contribution in [-0.4, -0.2) is 87.7 Å². The molecular weight excluding hydrogens is 562 g/mol. The summed E-state index contributed by atoms with van der Waals surface area (Å²) in [6.45, 7) is 2.62. The molecule has 2 N–H and O–H groups in total. The van der Waals surface area contributed by atoms with Crippen molar-refractivity contribution < 1.29 is 29.0 Å². The first-order valence-corrected chi connectivity index (χ1v) is 15.0. The molecular formula is C33H37N5O6. The zero-order valence-electron chi connectivity index (χ0n) is 25.2. The lowest BCUT2D eigenvalue weighted by Gasteiger charge is -2.29. The first-order valence-electron chi connectivity index (χ1n) is 15.0. The smallest absolute Gasteiger partial charge is 0.330 e. The number of carbonyl (C=O) groups is 3. The first kappa shape index (κ1) is 29.4. The lowest BCUT2D eigenvalue weighted by Crippen LogP contribution is -2.54. The zero-order valence-corrected chi connectivity index (χ0v) is 25.2. The van der Waals surface area contributed by atoms with E-state index in [0.29, 0.717) is 41.3 Å². The van der Waals surface area contributed by atoms with Gasteiger partial charge in [0.15, 0.2) is 5.82 Å². The summed E-state index contributed by atoms with van der Waals surface area (Å²) >= 11 is 0. The maximum atomic E-state index is 13.7. The van der Waals surface area contributed by atoms with Crippen molar-refractivity contribution in [1.82, 2.24) is 25.1 Å². The fourth-order valence-electron chi connectivity index (χ4n) is 6.22. The van der Waals surface area contributed by atoms with Crippen LogP contribution >= 0.6 is 0 Å². The van der Waals surface area contributed by atoms with E-state index in [-0.39, 0.29) is 24.9 Å². The van der Waals surface area contributed by atoms with Crippen molar-refractivity contribution in [3.8, 4) is 23.0 Å². The standard InChI is InChI=1S/C33H37N5O6/c1-20-15-24-25(17-27(20)43-3)34-28(21-11-7-6-8-12-21)35-30(24)44-23-16-26-29(39)36-33(31(40)41)18-22(33)13-9-4-5-10-14-37(2)32(42)38(26)19-23/h6-9,11-13,15,17,22-23,26H,4-5,10,14,16,18-19H2,1-3H3,(H,36,39)(H,40,41). The van der Waals surface area contributed by atoms with Gasteiger partial charge in [-0.25, -0.2) is 14.6 Å². The molecule has 3 aliphatic rings. The zero-order chi connectivity index (χ0) is 31.0. The van der Waals surface area contributed by atoms with Gasteiger partial charge >= 0.3 is 12.0 Å². The number of nitrogens with one attached hydrogen (secondary N) is 1. The van der Waals surface area contributed by atoms with Gasteiger partial charge in [0.2, 0.25) is 11.8 Å². The lowest BCUT2D eigenvalue weighted by atomic mass is 10.1. The molecule has 2 fully saturated rings. The number of hydrogen-bond donors (Lipinski definition) is 2. The van der Waals surface area contributed by atoms with Gasteiger partial charge < -0.3 is 29.7 Å². The largest absolute Gasteiger partial charge is 0.496 e. The van der Waals surface area contributed by atoms with Gasteiger partial charge in [0.05, 0.1) is 24.6 Å². The predicted octanol–water partition coefficient (Wildman–Crippen LogP) is 4.19. The highest BCUT2D eigenvalue weighted by molar-refractivity contribution is 5.94. The molecule has 0 bridgehead atoms. The van der Waals surface area contributed by atoms with Crippen molar-refractivity contribution in [2.75, 3.05) is 27.2 Å². The molecule has 1 aromatic heterocycles. The van der Waals surface area contributed by atoms with Crippen molar-refractivity contribution in [3.63, 3.8) is 0 Å². The summed E-state index contributed by atoms with van der Waals surface area (Å²) in [6, 6.07) is 12.1. The number of hydrogen-bond acceptors (Lipinski definition) is 7. The number of nitrogens with zero attached hydrogens (tertiary/aromatic N) is 4. The minimum absolute atomic E-state index is 0.145. The fraction of sp³-hybridized carbons (Fsp3) is 0.424. The lowest BCUT2D eigenvalue weighted by molar-refractivity contribution is -0.144. The molecule has 4 unspecified atom stereocenters. The maximum absolute atomic E-state index is 13.7. The Hall–Kier alpha value is -4.67. The summed E-state index contributed by atoms with van der Waals surface area (Å²) in [5, 5.41) is 13.5. The number of methoxy groups -OCH3 is 1. The Morgan fingerprint density at radius 1 is 1.14 bits per heavy atom. The average Bonchev–Trinajstić information content (AvgIpc) is 3.56. The number of aromatic nitrogens is 2. The van der Waals surface area contributed by atoms with E-state index in [1.807, 2.05) is 61.5 Å². The van der Waals surface area contributed by atoms with Crippen LogP contribution in [0.2, 0.25) is 0 Å². The topological polar surface area (TPSA) is 134 Å². The van der Waals surface area contributed by atoms with E-state index in [9.17, 15) is 19.5 Å². The van der Waals surface area contributed by atoms with Crippen molar-refractivity contribution in [3.05, 3.63) is 60.2 Å². The molecule has 3 amide bonds. The van der Waals surface area contributed by atoms with Crippen LogP contribution < -0.4 is 14.8 Å². The van der Waals surface area contributed by atoms with Crippen LogP contribution in [0.15, 0.2) is 54.6 Å². The van der Waals surface area contributed by atoms with Crippen molar-refractivity contribution in [1.29, 1.82) is 0 Å². The highest BCUT2D eigenvalue weighted by Gasteiger charge is 2.61. The average molecular weight is 600 g/mol. The molecule has 11 nitrogen and oxygen atoms in total. The normalized spacial score (nSPS) is 25.6. The summed E-state index contributed by atoms with van der Waals surface area (Å²) < 4.78 is 12.1. The third-order valence-electron chi connectivity index (χ3n) is 8.85. The summed E-state index contributed by atoms with van der Waals surface area (Å²) in [6.07, 6.45) is 6.27. The SMILES string of the molecule is COc1cc2nc(-c3ccccc3)nc(OC3CC4C(=O)NC5(C(=O)O)CC5C=CCCCCN(C)C(=O)N4C3)c2cc1C. The van der Waals surface area contributed by atoms with Gasteiger partial charge in [-0.15, -0.1) is 0 Å².